The van der Waals surface area contributed by atoms with Gasteiger partial charge >= 0.3 is 0 Å². The van der Waals surface area contributed by atoms with Gasteiger partial charge in [-0.2, -0.15) is 0 Å². The Kier molecular flexibility index (Phi) is 3.36. The highest BCUT2D eigenvalue weighted by atomic mass is 15.3. The molecule has 2 aliphatic rings. The van der Waals surface area contributed by atoms with E-state index in [0.717, 1.165) is 12.1 Å². The van der Waals surface area contributed by atoms with E-state index in [1.54, 1.807) is 0 Å². The number of piperidine rings is 1. The van der Waals surface area contributed by atoms with Gasteiger partial charge in [0, 0.05) is 25.2 Å². The standard InChI is InChI=1S/C13H26N2/c1-13(2,3)8-12-10-14-9-11-6-4-5-7-15(11)12/h11-12,14H,4-10H2,1-3H3. The van der Waals surface area contributed by atoms with Crippen LogP contribution in [0.15, 0.2) is 0 Å². The molecule has 2 saturated heterocycles. The third-order valence-electron chi connectivity index (χ3n) is 3.75. The highest BCUT2D eigenvalue weighted by Gasteiger charge is 2.33. The van der Waals surface area contributed by atoms with Crippen LogP contribution < -0.4 is 5.32 Å². The Morgan fingerprint density at radius 1 is 1.20 bits per heavy atom. The van der Waals surface area contributed by atoms with Crippen molar-refractivity contribution in [1.29, 1.82) is 0 Å². The SMILES string of the molecule is CC(C)(C)CC1CNCC2CCCCN21. The summed E-state index contributed by atoms with van der Waals surface area (Å²) in [7, 11) is 0. The predicted molar refractivity (Wildman–Crippen MR) is 65.1 cm³/mol. The number of hydrogen-bond acceptors (Lipinski definition) is 2. The molecule has 2 atom stereocenters. The van der Waals surface area contributed by atoms with Crippen LogP contribution in [-0.4, -0.2) is 36.6 Å². The number of nitrogens with one attached hydrogen (secondary N) is 1. The Bertz CT molecular complexity index is 205. The second-order valence-corrected chi connectivity index (χ2v) is 6.46. The summed E-state index contributed by atoms with van der Waals surface area (Å²) in [6, 6.07) is 1.61. The zero-order valence-corrected chi connectivity index (χ0v) is 10.6. The summed E-state index contributed by atoms with van der Waals surface area (Å²) >= 11 is 0. The average molecular weight is 210 g/mol. The molecule has 0 spiro atoms. The lowest BCUT2D eigenvalue weighted by molar-refractivity contribution is 0.0436. The third-order valence-corrected chi connectivity index (χ3v) is 3.75. The van der Waals surface area contributed by atoms with Gasteiger partial charge in [-0.15, -0.1) is 0 Å². The minimum absolute atomic E-state index is 0.464. The molecule has 2 aliphatic heterocycles. The van der Waals surface area contributed by atoms with Crippen molar-refractivity contribution < 1.29 is 0 Å². The molecule has 15 heavy (non-hydrogen) atoms. The molecule has 2 unspecified atom stereocenters. The fourth-order valence-corrected chi connectivity index (χ4v) is 3.15. The minimum atomic E-state index is 0.464. The molecule has 0 radical (unpaired) electrons. The van der Waals surface area contributed by atoms with Gasteiger partial charge in [-0.05, 0) is 31.2 Å². The Morgan fingerprint density at radius 2 is 2.00 bits per heavy atom. The first kappa shape index (κ1) is 11.4. The summed E-state index contributed by atoms with van der Waals surface area (Å²) in [6.07, 6.45) is 5.59. The van der Waals surface area contributed by atoms with E-state index in [1.165, 1.54) is 45.3 Å². The van der Waals surface area contributed by atoms with Crippen molar-refractivity contribution in [3.05, 3.63) is 0 Å². The second-order valence-electron chi connectivity index (χ2n) is 6.46. The molecule has 0 aromatic carbocycles. The van der Waals surface area contributed by atoms with Gasteiger partial charge in [0.05, 0.1) is 0 Å². The zero-order chi connectivity index (χ0) is 10.9. The van der Waals surface area contributed by atoms with Crippen molar-refractivity contribution in [2.45, 2.75) is 58.5 Å². The van der Waals surface area contributed by atoms with Crippen molar-refractivity contribution in [3.63, 3.8) is 0 Å². The predicted octanol–water partition coefficient (Wildman–Crippen LogP) is 2.25. The molecule has 2 rings (SSSR count). The van der Waals surface area contributed by atoms with E-state index in [2.05, 4.69) is 31.0 Å². The lowest BCUT2D eigenvalue weighted by Gasteiger charge is -2.47. The first-order valence-electron chi connectivity index (χ1n) is 6.53. The molecule has 0 aromatic rings. The Hall–Kier alpha value is -0.0800. The lowest BCUT2D eigenvalue weighted by Crippen LogP contribution is -2.59. The highest BCUT2D eigenvalue weighted by molar-refractivity contribution is 4.91. The molecular weight excluding hydrogens is 184 g/mol. The molecule has 0 aliphatic carbocycles. The van der Waals surface area contributed by atoms with Crippen LogP contribution >= 0.6 is 0 Å². The van der Waals surface area contributed by atoms with Crippen LogP contribution in [0.1, 0.15) is 46.5 Å². The van der Waals surface area contributed by atoms with Gasteiger partial charge in [0.15, 0.2) is 0 Å². The molecule has 0 saturated carbocycles. The lowest BCUT2D eigenvalue weighted by atomic mass is 9.85. The summed E-state index contributed by atoms with van der Waals surface area (Å²) in [4.78, 5) is 2.78. The van der Waals surface area contributed by atoms with Crippen LogP contribution in [0.25, 0.3) is 0 Å². The summed E-state index contributed by atoms with van der Waals surface area (Å²) in [5.74, 6) is 0. The number of piperazine rings is 1. The smallest absolute Gasteiger partial charge is 0.0229 e. The molecule has 88 valence electrons. The van der Waals surface area contributed by atoms with Crippen molar-refractivity contribution >= 4 is 0 Å². The minimum Gasteiger partial charge on any atom is -0.314 e. The molecular formula is C13H26N2. The van der Waals surface area contributed by atoms with Crippen LogP contribution in [-0.2, 0) is 0 Å². The van der Waals surface area contributed by atoms with Crippen LogP contribution in [0.5, 0.6) is 0 Å². The molecule has 2 heteroatoms. The number of rotatable bonds is 1. The summed E-state index contributed by atoms with van der Waals surface area (Å²) in [5, 5.41) is 3.61. The van der Waals surface area contributed by atoms with Crippen LogP contribution in [0.2, 0.25) is 0 Å². The maximum absolute atomic E-state index is 3.61. The van der Waals surface area contributed by atoms with Gasteiger partial charge in [-0.1, -0.05) is 27.2 Å². The highest BCUT2D eigenvalue weighted by Crippen LogP contribution is 2.29. The Balaban J connectivity index is 1.97. The molecule has 2 nitrogen and oxygen atoms in total. The normalized spacial score (nSPS) is 33.8. The monoisotopic (exact) mass is 210 g/mol. The van der Waals surface area contributed by atoms with E-state index in [1.807, 2.05) is 0 Å². The summed E-state index contributed by atoms with van der Waals surface area (Å²) in [5.41, 5.74) is 0.464. The quantitative estimate of drug-likeness (QED) is 0.714. The first-order chi connectivity index (χ1) is 7.06. The van der Waals surface area contributed by atoms with Gasteiger partial charge in [-0.25, -0.2) is 0 Å². The second kappa shape index (κ2) is 4.42. The third kappa shape index (κ3) is 2.94. The molecule has 0 amide bonds. The van der Waals surface area contributed by atoms with Gasteiger partial charge in [0.25, 0.3) is 0 Å². The van der Waals surface area contributed by atoms with E-state index < -0.39 is 0 Å². The summed E-state index contributed by atoms with van der Waals surface area (Å²) < 4.78 is 0. The molecule has 2 fully saturated rings. The van der Waals surface area contributed by atoms with Gasteiger partial charge in [0.2, 0.25) is 0 Å². The van der Waals surface area contributed by atoms with Gasteiger partial charge in [-0.3, -0.25) is 4.90 Å². The number of hydrogen-bond donors (Lipinski definition) is 1. The first-order valence-corrected chi connectivity index (χ1v) is 6.53. The van der Waals surface area contributed by atoms with Crippen LogP contribution in [0, 0.1) is 5.41 Å². The Morgan fingerprint density at radius 3 is 2.73 bits per heavy atom. The number of fused-ring (bicyclic) bond motifs is 1. The van der Waals surface area contributed by atoms with Crippen LogP contribution in [0.3, 0.4) is 0 Å². The summed E-state index contributed by atoms with van der Waals surface area (Å²) in [6.45, 7) is 10.9. The molecule has 0 bridgehead atoms. The van der Waals surface area contributed by atoms with Crippen molar-refractivity contribution in [2.75, 3.05) is 19.6 Å². The topological polar surface area (TPSA) is 15.3 Å². The Labute approximate surface area is 94.4 Å². The van der Waals surface area contributed by atoms with Gasteiger partial charge in [0.1, 0.15) is 0 Å². The van der Waals surface area contributed by atoms with E-state index in [4.69, 9.17) is 0 Å². The van der Waals surface area contributed by atoms with Crippen molar-refractivity contribution in [3.8, 4) is 0 Å². The van der Waals surface area contributed by atoms with E-state index >= 15 is 0 Å². The average Bonchev–Trinajstić information content (AvgIpc) is 2.16. The van der Waals surface area contributed by atoms with E-state index in [0.29, 0.717) is 5.41 Å². The largest absolute Gasteiger partial charge is 0.314 e. The fraction of sp³-hybridized carbons (Fsp3) is 1.00. The van der Waals surface area contributed by atoms with E-state index in [9.17, 15) is 0 Å². The fourth-order valence-electron chi connectivity index (χ4n) is 3.15. The van der Waals surface area contributed by atoms with Crippen LogP contribution in [0.4, 0.5) is 0 Å². The molecule has 0 aromatic heterocycles. The maximum atomic E-state index is 3.61. The zero-order valence-electron chi connectivity index (χ0n) is 10.6. The molecule has 1 N–H and O–H groups in total. The molecule has 2 heterocycles. The maximum Gasteiger partial charge on any atom is 0.0229 e. The number of nitrogens with zero attached hydrogens (tertiary/aromatic N) is 1. The van der Waals surface area contributed by atoms with Crippen molar-refractivity contribution in [2.24, 2.45) is 5.41 Å². The van der Waals surface area contributed by atoms with E-state index in [-0.39, 0.29) is 0 Å². The van der Waals surface area contributed by atoms with Crippen molar-refractivity contribution in [1.82, 2.24) is 10.2 Å². The van der Waals surface area contributed by atoms with Gasteiger partial charge < -0.3 is 5.32 Å².